The molecule has 1 aliphatic carbocycles. The summed E-state index contributed by atoms with van der Waals surface area (Å²) in [6.07, 6.45) is 2.32. The number of hydrogen-bond acceptors (Lipinski definition) is 2. The lowest BCUT2D eigenvalue weighted by molar-refractivity contribution is -0.134. The Morgan fingerprint density at radius 3 is 2.58 bits per heavy atom. The van der Waals surface area contributed by atoms with Crippen LogP contribution in [0.2, 0.25) is 15.1 Å². The van der Waals surface area contributed by atoms with E-state index in [1.807, 2.05) is 7.05 Å². The number of nitrogens with zero attached hydrogens (tertiary/aromatic N) is 2. The van der Waals surface area contributed by atoms with Gasteiger partial charge in [-0.05, 0) is 36.8 Å². The van der Waals surface area contributed by atoms with Crippen LogP contribution in [-0.4, -0.2) is 48.3 Å². The minimum Gasteiger partial charge on any atom is -0.345 e. The van der Waals surface area contributed by atoms with Crippen molar-refractivity contribution in [3.05, 3.63) is 32.8 Å². The van der Waals surface area contributed by atoms with E-state index in [4.69, 9.17) is 34.8 Å². The Balaban J connectivity index is 1.77. The van der Waals surface area contributed by atoms with Gasteiger partial charge in [0.15, 0.2) is 0 Å². The maximum atomic E-state index is 12.8. The molecule has 2 fully saturated rings. The Morgan fingerprint density at radius 2 is 1.88 bits per heavy atom. The van der Waals surface area contributed by atoms with Gasteiger partial charge in [-0.15, -0.1) is 0 Å². The molecule has 1 saturated heterocycles. The molecule has 0 unspecified atom stereocenters. The smallest absolute Gasteiger partial charge is 0.255 e. The first-order chi connectivity index (χ1) is 11.3. The molecule has 0 spiro atoms. The molecule has 1 aromatic rings. The van der Waals surface area contributed by atoms with Crippen molar-refractivity contribution in [2.45, 2.75) is 25.3 Å². The fraction of sp³-hybridized carbons (Fsp3) is 0.529. The second-order valence-electron chi connectivity index (χ2n) is 6.79. The third kappa shape index (κ3) is 3.24. The van der Waals surface area contributed by atoms with E-state index in [0.29, 0.717) is 28.8 Å². The average molecular weight is 390 g/mol. The van der Waals surface area contributed by atoms with Crippen molar-refractivity contribution < 1.29 is 9.59 Å². The van der Waals surface area contributed by atoms with Gasteiger partial charge >= 0.3 is 0 Å². The topological polar surface area (TPSA) is 40.6 Å². The van der Waals surface area contributed by atoms with Crippen molar-refractivity contribution in [2.75, 3.05) is 20.6 Å². The standard InChI is InChI=1S/C17H19Cl3N2O2/c1-21-8-10-4-12(3-9(10)5-15(21)23)22(2)17(24)13-6-11(18)7-14(19)16(13)20/h6-7,9-10,12H,3-5,8H2,1-2H3/t9-,10+,12-/m1/s1. The average Bonchev–Trinajstić information content (AvgIpc) is 2.92. The van der Waals surface area contributed by atoms with Crippen molar-refractivity contribution in [1.29, 1.82) is 0 Å². The highest BCUT2D eigenvalue weighted by Crippen LogP contribution is 2.40. The van der Waals surface area contributed by atoms with Crippen molar-refractivity contribution in [3.8, 4) is 0 Å². The molecule has 1 saturated carbocycles. The molecule has 3 atom stereocenters. The van der Waals surface area contributed by atoms with Gasteiger partial charge in [0.05, 0.1) is 15.6 Å². The Bertz CT molecular complexity index is 695. The first-order valence-electron chi connectivity index (χ1n) is 7.93. The van der Waals surface area contributed by atoms with Crippen LogP contribution in [0.3, 0.4) is 0 Å². The van der Waals surface area contributed by atoms with E-state index < -0.39 is 0 Å². The Morgan fingerprint density at radius 1 is 1.21 bits per heavy atom. The molecule has 1 aromatic carbocycles. The fourth-order valence-electron chi connectivity index (χ4n) is 3.87. The summed E-state index contributed by atoms with van der Waals surface area (Å²) >= 11 is 18.2. The van der Waals surface area contributed by atoms with Crippen LogP contribution < -0.4 is 0 Å². The molecule has 0 bridgehead atoms. The molecule has 4 nitrogen and oxygen atoms in total. The summed E-state index contributed by atoms with van der Waals surface area (Å²) in [7, 11) is 3.62. The van der Waals surface area contributed by atoms with Crippen LogP contribution in [0.5, 0.6) is 0 Å². The van der Waals surface area contributed by atoms with Crippen molar-refractivity contribution >= 4 is 46.6 Å². The number of rotatable bonds is 2. The third-order valence-electron chi connectivity index (χ3n) is 5.28. The lowest BCUT2D eigenvalue weighted by Gasteiger charge is -2.31. The van der Waals surface area contributed by atoms with Gasteiger partial charge in [-0.25, -0.2) is 0 Å². The lowest BCUT2D eigenvalue weighted by Crippen LogP contribution is -2.40. The summed E-state index contributed by atoms with van der Waals surface area (Å²) < 4.78 is 0. The summed E-state index contributed by atoms with van der Waals surface area (Å²) in [6.45, 7) is 0.770. The Hall–Kier alpha value is -0.970. The van der Waals surface area contributed by atoms with Crippen molar-refractivity contribution in [3.63, 3.8) is 0 Å². The van der Waals surface area contributed by atoms with Crippen LogP contribution in [0.4, 0.5) is 0 Å². The van der Waals surface area contributed by atoms with Crippen molar-refractivity contribution in [2.24, 2.45) is 11.8 Å². The SMILES string of the molecule is CN1C[C@@H]2C[C@H](N(C)C(=O)c3cc(Cl)cc(Cl)c3Cl)C[C@@H]2CC1=O. The predicted octanol–water partition coefficient (Wildman–Crippen LogP) is 3.98. The summed E-state index contributed by atoms with van der Waals surface area (Å²) in [5.41, 5.74) is 0.319. The van der Waals surface area contributed by atoms with Crippen LogP contribution in [0.1, 0.15) is 29.6 Å². The van der Waals surface area contributed by atoms with Gasteiger partial charge in [-0.2, -0.15) is 0 Å². The van der Waals surface area contributed by atoms with Gasteiger partial charge in [0.2, 0.25) is 5.91 Å². The Kier molecular flexibility index (Phi) is 5.01. The molecule has 0 aromatic heterocycles. The van der Waals surface area contributed by atoms with Crippen LogP contribution in [-0.2, 0) is 4.79 Å². The molecule has 1 aliphatic heterocycles. The predicted molar refractivity (Wildman–Crippen MR) is 95.8 cm³/mol. The largest absolute Gasteiger partial charge is 0.345 e. The van der Waals surface area contributed by atoms with E-state index in [-0.39, 0.29) is 27.9 Å². The van der Waals surface area contributed by atoms with Gasteiger partial charge in [0.25, 0.3) is 5.91 Å². The van der Waals surface area contributed by atoms with E-state index in [1.54, 1.807) is 22.9 Å². The van der Waals surface area contributed by atoms with E-state index in [0.717, 1.165) is 19.4 Å². The number of fused-ring (bicyclic) bond motifs is 1. The van der Waals surface area contributed by atoms with E-state index in [1.165, 1.54) is 6.07 Å². The number of halogens is 3. The molecule has 24 heavy (non-hydrogen) atoms. The lowest BCUT2D eigenvalue weighted by atomic mass is 9.88. The molecule has 2 aliphatic rings. The highest BCUT2D eigenvalue weighted by molar-refractivity contribution is 6.45. The van der Waals surface area contributed by atoms with E-state index in [9.17, 15) is 9.59 Å². The molecule has 7 heteroatoms. The molecule has 2 amide bonds. The molecule has 130 valence electrons. The number of carbonyl (C=O) groups excluding carboxylic acids is 2. The van der Waals surface area contributed by atoms with Gasteiger partial charge in [0.1, 0.15) is 0 Å². The van der Waals surface area contributed by atoms with Crippen LogP contribution in [0.25, 0.3) is 0 Å². The number of hydrogen-bond donors (Lipinski definition) is 0. The zero-order valence-corrected chi connectivity index (χ0v) is 15.8. The van der Waals surface area contributed by atoms with Gasteiger partial charge < -0.3 is 9.80 Å². The van der Waals surface area contributed by atoms with Crippen LogP contribution >= 0.6 is 34.8 Å². The number of benzene rings is 1. The molecular formula is C17H19Cl3N2O2. The molecule has 0 radical (unpaired) electrons. The number of likely N-dealkylation sites (tertiary alicyclic amines) is 1. The fourth-order valence-corrected chi connectivity index (χ4v) is 4.55. The summed E-state index contributed by atoms with van der Waals surface area (Å²) in [6, 6.07) is 3.17. The maximum absolute atomic E-state index is 12.8. The monoisotopic (exact) mass is 388 g/mol. The Labute approximate surface area is 156 Å². The molecule has 0 N–H and O–H groups in total. The van der Waals surface area contributed by atoms with E-state index >= 15 is 0 Å². The summed E-state index contributed by atoms with van der Waals surface area (Å²) in [5.74, 6) is 0.807. The first-order valence-corrected chi connectivity index (χ1v) is 9.07. The second kappa shape index (κ2) is 6.74. The van der Waals surface area contributed by atoms with Gasteiger partial charge in [0, 0.05) is 38.1 Å². The minimum absolute atomic E-state index is 0.0978. The zero-order chi connectivity index (χ0) is 17.6. The van der Waals surface area contributed by atoms with Crippen molar-refractivity contribution in [1.82, 2.24) is 9.80 Å². The number of piperidine rings is 1. The highest BCUT2D eigenvalue weighted by Gasteiger charge is 2.42. The minimum atomic E-state index is -0.187. The molecular weight excluding hydrogens is 371 g/mol. The van der Waals surface area contributed by atoms with Gasteiger partial charge in [-0.1, -0.05) is 34.8 Å². The molecule has 3 rings (SSSR count). The van der Waals surface area contributed by atoms with Crippen LogP contribution in [0.15, 0.2) is 12.1 Å². The number of carbonyl (C=O) groups is 2. The summed E-state index contributed by atoms with van der Waals surface area (Å²) in [4.78, 5) is 28.2. The van der Waals surface area contributed by atoms with Gasteiger partial charge in [-0.3, -0.25) is 9.59 Å². The first kappa shape index (κ1) is 17.8. The normalized spacial score (nSPS) is 26.5. The maximum Gasteiger partial charge on any atom is 0.255 e. The zero-order valence-electron chi connectivity index (χ0n) is 13.6. The quantitative estimate of drug-likeness (QED) is 0.718. The number of amides is 2. The van der Waals surface area contributed by atoms with E-state index in [2.05, 4.69) is 0 Å². The summed E-state index contributed by atoms with van der Waals surface area (Å²) in [5, 5.41) is 0.880. The third-order valence-corrected chi connectivity index (χ3v) is 6.30. The molecule has 1 heterocycles. The van der Waals surface area contributed by atoms with Crippen LogP contribution in [0, 0.1) is 11.8 Å². The highest BCUT2D eigenvalue weighted by atomic mass is 35.5. The second-order valence-corrected chi connectivity index (χ2v) is 8.01.